The Balaban J connectivity index is 2.70. The quantitative estimate of drug-likeness (QED) is 0.771. The number of nitrogens with one attached hydrogen (secondary N) is 1. The fraction of sp³-hybridized carbons (Fsp3) is 0.364. The standard InChI is InChI=1S/C11H13NO3/c1-7(12-2)11(13)8-3-4-9-10(5-8)15-6-14-9/h3-5,7,12H,6H2,1-2H3/t7-/m1/s1/i1D3,3D,4D,5D,6D2,7D. The maximum atomic E-state index is 12.6. The van der Waals surface area contributed by atoms with Gasteiger partial charge in [-0.1, -0.05) is 0 Å². The lowest BCUT2D eigenvalue weighted by atomic mass is 10.1. The zero-order chi connectivity index (χ0) is 18.7. The summed E-state index contributed by atoms with van der Waals surface area (Å²) < 4.78 is 77.6. The van der Waals surface area contributed by atoms with E-state index in [2.05, 4.69) is 5.32 Å². The zero-order valence-electron chi connectivity index (χ0n) is 16.7. The van der Waals surface area contributed by atoms with Gasteiger partial charge in [-0.3, -0.25) is 4.79 Å². The average Bonchev–Trinajstić information content (AvgIpc) is 2.79. The van der Waals surface area contributed by atoms with Gasteiger partial charge in [-0.25, -0.2) is 0 Å². The van der Waals surface area contributed by atoms with E-state index in [0.717, 1.165) is 7.05 Å². The molecular formula is C11H13NO3. The number of Topliss-reactive ketones (excluding diaryl/α,β-unsaturated/α-hetero) is 1. The summed E-state index contributed by atoms with van der Waals surface area (Å²) in [6.45, 7) is -5.81. The van der Waals surface area contributed by atoms with E-state index in [0.29, 0.717) is 0 Å². The lowest BCUT2D eigenvalue weighted by molar-refractivity contribution is 0.0954. The van der Waals surface area contributed by atoms with Crippen LogP contribution >= 0.6 is 0 Å². The number of carbonyl (C=O) groups excluding carboxylic acids is 1. The molecule has 0 aliphatic carbocycles. The number of fused-ring (bicyclic) bond motifs is 1. The van der Waals surface area contributed by atoms with Gasteiger partial charge in [-0.15, -0.1) is 0 Å². The molecule has 2 rings (SSSR count). The van der Waals surface area contributed by atoms with Crippen molar-refractivity contribution in [3.63, 3.8) is 0 Å². The van der Waals surface area contributed by atoms with Crippen LogP contribution in [0.25, 0.3) is 0 Å². The highest BCUT2D eigenvalue weighted by Gasteiger charge is 2.18. The number of ether oxygens (including phenoxy) is 2. The minimum absolute atomic E-state index is 0.527. The van der Waals surface area contributed by atoms with E-state index in [1.165, 1.54) is 0 Å². The molecule has 80 valence electrons. The third-order valence-corrected chi connectivity index (χ3v) is 1.74. The van der Waals surface area contributed by atoms with E-state index in [-0.39, 0.29) is 0 Å². The van der Waals surface area contributed by atoms with Crippen molar-refractivity contribution in [2.75, 3.05) is 13.8 Å². The van der Waals surface area contributed by atoms with E-state index in [4.69, 9.17) is 21.8 Å². The fourth-order valence-electron chi connectivity index (χ4n) is 0.978. The molecule has 0 saturated carbocycles. The molecule has 0 fully saturated rings. The lowest BCUT2D eigenvalue weighted by Crippen LogP contribution is -2.30. The molecule has 0 bridgehead atoms. The van der Waals surface area contributed by atoms with Crippen molar-refractivity contribution in [2.45, 2.75) is 12.9 Å². The first-order valence-electron chi connectivity index (χ1n) is 8.52. The monoisotopic (exact) mass is 216 g/mol. The molecule has 0 aromatic heterocycles. The van der Waals surface area contributed by atoms with Crippen LogP contribution in [0.3, 0.4) is 0 Å². The summed E-state index contributed by atoms with van der Waals surface area (Å²) >= 11 is 0. The first kappa shape index (κ1) is 3.79. The summed E-state index contributed by atoms with van der Waals surface area (Å²) in [7, 11) is 1.07. The number of hydrogen-bond acceptors (Lipinski definition) is 4. The molecule has 1 aliphatic heterocycles. The van der Waals surface area contributed by atoms with Crippen LogP contribution in [-0.2, 0) is 0 Å². The highest BCUT2D eigenvalue weighted by molar-refractivity contribution is 6.00. The van der Waals surface area contributed by atoms with E-state index in [1.54, 1.807) is 0 Å². The van der Waals surface area contributed by atoms with Crippen LogP contribution in [0.4, 0.5) is 0 Å². The van der Waals surface area contributed by atoms with E-state index in [9.17, 15) is 4.79 Å². The number of benzene rings is 1. The maximum absolute atomic E-state index is 12.6. The summed E-state index contributed by atoms with van der Waals surface area (Å²) in [5, 5.41) is 2.06. The Morgan fingerprint density at radius 1 is 1.73 bits per heavy atom. The molecule has 1 heterocycles. The second-order valence-electron chi connectivity index (χ2n) is 2.65. The molecule has 15 heavy (non-hydrogen) atoms. The second kappa shape index (κ2) is 3.90. The van der Waals surface area contributed by atoms with Gasteiger partial charge in [-0.2, -0.15) is 0 Å². The van der Waals surface area contributed by atoms with Gasteiger partial charge < -0.3 is 14.8 Å². The number of hydrogen-bond donors (Lipinski definition) is 1. The number of ketones is 1. The number of rotatable bonds is 3. The Morgan fingerprint density at radius 3 is 3.27 bits per heavy atom. The van der Waals surface area contributed by atoms with Crippen molar-refractivity contribution in [1.82, 2.24) is 5.32 Å². The molecule has 0 radical (unpaired) electrons. The molecule has 1 N–H and O–H groups in total. The minimum atomic E-state index is -3.12. The Kier molecular flexibility index (Phi) is 0.986. The molecule has 0 amide bonds. The van der Waals surface area contributed by atoms with Crippen LogP contribution < -0.4 is 14.8 Å². The van der Waals surface area contributed by atoms with Gasteiger partial charge in [0.15, 0.2) is 17.3 Å². The Hall–Kier alpha value is -1.55. The van der Waals surface area contributed by atoms with Crippen LogP contribution in [0.2, 0.25) is 0 Å². The fourth-order valence-corrected chi connectivity index (χ4v) is 0.978. The molecule has 0 spiro atoms. The Bertz CT molecular complexity index is 718. The van der Waals surface area contributed by atoms with Gasteiger partial charge in [0.05, 0.1) is 11.5 Å². The molecule has 1 atom stereocenters. The van der Waals surface area contributed by atoms with Crippen molar-refractivity contribution in [2.24, 2.45) is 0 Å². The Morgan fingerprint density at radius 2 is 2.53 bits per heavy atom. The molecule has 1 aromatic rings. The van der Waals surface area contributed by atoms with Crippen LogP contribution in [0.1, 0.15) is 29.5 Å². The van der Waals surface area contributed by atoms with Crippen molar-refractivity contribution in [3.05, 3.63) is 23.7 Å². The highest BCUT2D eigenvalue weighted by Crippen LogP contribution is 2.32. The van der Waals surface area contributed by atoms with Crippen LogP contribution in [-0.4, -0.2) is 25.6 Å². The van der Waals surface area contributed by atoms with E-state index < -0.39 is 60.6 Å². The molecular weight excluding hydrogens is 194 g/mol. The summed E-state index contributed by atoms with van der Waals surface area (Å²) in [5.41, 5.74) is -0.833. The summed E-state index contributed by atoms with van der Waals surface area (Å²) in [6, 6.07) is -5.25. The zero-order valence-corrected chi connectivity index (χ0v) is 7.72. The predicted octanol–water partition coefficient (Wildman–Crippen LogP) is 1.21. The van der Waals surface area contributed by atoms with Gasteiger partial charge in [0.1, 0.15) is 2.74 Å². The molecule has 4 nitrogen and oxygen atoms in total. The van der Waals surface area contributed by atoms with Crippen LogP contribution in [0, 0.1) is 0 Å². The van der Waals surface area contributed by atoms with E-state index in [1.807, 2.05) is 0 Å². The molecule has 0 unspecified atom stereocenters. The second-order valence-corrected chi connectivity index (χ2v) is 2.65. The van der Waals surface area contributed by atoms with Gasteiger partial charge in [0.25, 0.3) is 0 Å². The normalized spacial score (nSPS) is 30.1. The van der Waals surface area contributed by atoms with Gasteiger partial charge in [-0.05, 0) is 32.0 Å². The summed E-state index contributed by atoms with van der Waals surface area (Å²) in [5.74, 6) is -2.54. The third-order valence-electron chi connectivity index (χ3n) is 1.74. The van der Waals surface area contributed by atoms with Crippen molar-refractivity contribution >= 4 is 5.78 Å². The smallest absolute Gasteiger partial charge is 0.231 e. The molecule has 4 heteroatoms. The first-order valence-corrected chi connectivity index (χ1v) is 4.02. The van der Waals surface area contributed by atoms with Crippen molar-refractivity contribution in [1.29, 1.82) is 0 Å². The highest BCUT2D eigenvalue weighted by atomic mass is 16.7. The van der Waals surface area contributed by atoms with Crippen LogP contribution in [0.5, 0.6) is 11.5 Å². The summed E-state index contributed by atoms with van der Waals surface area (Å²) in [6.07, 6.45) is 0. The van der Waals surface area contributed by atoms with Crippen molar-refractivity contribution in [3.8, 4) is 11.5 Å². The number of likely N-dealkylation sites (N-methyl/N-ethyl adjacent to an activating group) is 1. The molecule has 1 aliphatic rings. The van der Waals surface area contributed by atoms with Gasteiger partial charge >= 0.3 is 0 Å². The molecule has 0 saturated heterocycles. The molecule has 1 aromatic carbocycles. The number of carbonyl (C=O) groups is 1. The SMILES string of the molecule is [2H]c1c([2H])c(C(=O)[C@]([2H])(NC)C([2H])([2H])[2H])c([2H])c2c1OC([2H])([2H])O2. The minimum Gasteiger partial charge on any atom is -0.454 e. The first-order chi connectivity index (χ1) is 10.8. The lowest BCUT2D eigenvalue weighted by Gasteiger charge is -2.09. The van der Waals surface area contributed by atoms with Gasteiger partial charge in [0.2, 0.25) is 6.75 Å². The maximum Gasteiger partial charge on any atom is 0.231 e. The largest absolute Gasteiger partial charge is 0.454 e. The third kappa shape index (κ3) is 1.80. The van der Waals surface area contributed by atoms with Gasteiger partial charge in [0, 0.05) is 9.68 Å². The van der Waals surface area contributed by atoms with Crippen molar-refractivity contribution < 1.29 is 26.6 Å². The topological polar surface area (TPSA) is 47.6 Å². The Labute approximate surface area is 101 Å². The summed E-state index contributed by atoms with van der Waals surface area (Å²) in [4.78, 5) is 12.6. The average molecular weight is 216 g/mol. The van der Waals surface area contributed by atoms with Crippen LogP contribution in [0.15, 0.2) is 18.1 Å². The van der Waals surface area contributed by atoms with E-state index >= 15 is 0 Å². The predicted molar refractivity (Wildman–Crippen MR) is 55.4 cm³/mol.